The molecular formula is C10H11ClN2. The van der Waals surface area contributed by atoms with Crippen LogP contribution in [0.15, 0.2) is 41.5 Å². The molecule has 0 radical (unpaired) electrons. The van der Waals surface area contributed by atoms with Crippen LogP contribution in [0.25, 0.3) is 0 Å². The lowest BCUT2D eigenvalue weighted by atomic mass is 10.3. The van der Waals surface area contributed by atoms with E-state index >= 15 is 0 Å². The molecule has 0 spiro atoms. The zero-order valence-corrected chi connectivity index (χ0v) is 8.12. The van der Waals surface area contributed by atoms with Gasteiger partial charge in [0, 0.05) is 11.2 Å². The molecule has 2 nitrogen and oxygen atoms in total. The molecule has 0 aliphatic rings. The molecule has 0 aromatic heterocycles. The number of hydrazone groups is 1. The molecule has 0 unspecified atom stereocenters. The van der Waals surface area contributed by atoms with E-state index in [4.69, 9.17) is 11.6 Å². The zero-order chi connectivity index (χ0) is 9.52. The highest BCUT2D eigenvalue weighted by atomic mass is 35.5. The van der Waals surface area contributed by atoms with Gasteiger partial charge in [-0.2, -0.15) is 5.10 Å². The third-order valence-corrected chi connectivity index (χ3v) is 1.61. The zero-order valence-electron chi connectivity index (χ0n) is 7.37. The van der Waals surface area contributed by atoms with E-state index in [-0.39, 0.29) is 0 Å². The van der Waals surface area contributed by atoms with Crippen LogP contribution in [0.1, 0.15) is 6.92 Å². The Morgan fingerprint density at radius 1 is 1.46 bits per heavy atom. The van der Waals surface area contributed by atoms with Crippen LogP contribution >= 0.6 is 11.6 Å². The van der Waals surface area contributed by atoms with Crippen molar-refractivity contribution in [2.24, 2.45) is 5.10 Å². The first-order valence-corrected chi connectivity index (χ1v) is 4.36. The fraction of sp³-hybridized carbons (Fsp3) is 0.100. The summed E-state index contributed by atoms with van der Waals surface area (Å²) < 4.78 is 0. The van der Waals surface area contributed by atoms with Gasteiger partial charge in [0.05, 0.1) is 5.69 Å². The lowest BCUT2D eigenvalue weighted by molar-refractivity contribution is 1.35. The molecule has 0 saturated carbocycles. The van der Waals surface area contributed by atoms with Crippen molar-refractivity contribution >= 4 is 23.5 Å². The maximum Gasteiger partial charge on any atom is 0.0576 e. The fourth-order valence-corrected chi connectivity index (χ4v) is 0.989. The summed E-state index contributed by atoms with van der Waals surface area (Å²) in [5.41, 5.74) is 3.74. The molecule has 0 amide bonds. The first kappa shape index (κ1) is 9.81. The van der Waals surface area contributed by atoms with Gasteiger partial charge in [0.25, 0.3) is 0 Å². The van der Waals surface area contributed by atoms with E-state index in [1.54, 1.807) is 6.21 Å². The molecule has 1 N–H and O–H groups in total. The number of nitrogens with zero attached hydrogens (tertiary/aromatic N) is 1. The average molecular weight is 195 g/mol. The first-order valence-electron chi connectivity index (χ1n) is 3.99. The normalized spacial score (nSPS) is 11.2. The molecule has 3 heteroatoms. The van der Waals surface area contributed by atoms with Crippen LogP contribution in [-0.2, 0) is 0 Å². The summed E-state index contributed by atoms with van der Waals surface area (Å²) in [5.74, 6) is 0. The molecule has 1 aromatic rings. The third kappa shape index (κ3) is 3.76. The van der Waals surface area contributed by atoms with E-state index in [1.165, 1.54) is 0 Å². The lowest BCUT2D eigenvalue weighted by Crippen LogP contribution is -1.87. The Kier molecular flexibility index (Phi) is 4.06. The summed E-state index contributed by atoms with van der Waals surface area (Å²) in [7, 11) is 0. The number of nitrogens with one attached hydrogen (secondary N) is 1. The van der Waals surface area contributed by atoms with E-state index < -0.39 is 0 Å². The van der Waals surface area contributed by atoms with Crippen molar-refractivity contribution in [3.8, 4) is 0 Å². The SMILES string of the molecule is C/C=C\C=N/Nc1cccc(Cl)c1. The van der Waals surface area contributed by atoms with Gasteiger partial charge in [0.2, 0.25) is 0 Å². The van der Waals surface area contributed by atoms with Gasteiger partial charge in [-0.3, -0.25) is 5.43 Å². The molecule has 0 atom stereocenters. The van der Waals surface area contributed by atoms with E-state index in [9.17, 15) is 0 Å². The second-order valence-corrected chi connectivity index (χ2v) is 2.86. The lowest BCUT2D eigenvalue weighted by Gasteiger charge is -1.98. The topological polar surface area (TPSA) is 24.4 Å². The van der Waals surface area contributed by atoms with Crippen LogP contribution in [0.4, 0.5) is 5.69 Å². The highest BCUT2D eigenvalue weighted by Gasteiger charge is 1.89. The van der Waals surface area contributed by atoms with Crippen LogP contribution < -0.4 is 5.43 Å². The molecule has 1 rings (SSSR count). The van der Waals surface area contributed by atoms with Gasteiger partial charge >= 0.3 is 0 Å². The molecule has 1 aromatic carbocycles. The molecule has 0 bridgehead atoms. The van der Waals surface area contributed by atoms with Crippen LogP contribution in [0.3, 0.4) is 0 Å². The van der Waals surface area contributed by atoms with Crippen LogP contribution in [0, 0.1) is 0 Å². The number of anilines is 1. The number of allylic oxidation sites excluding steroid dienone is 2. The van der Waals surface area contributed by atoms with Crippen molar-refractivity contribution in [2.45, 2.75) is 6.92 Å². The highest BCUT2D eigenvalue weighted by Crippen LogP contribution is 2.14. The Labute approximate surface area is 82.9 Å². The van der Waals surface area contributed by atoms with Crippen LogP contribution in [-0.4, -0.2) is 6.21 Å². The van der Waals surface area contributed by atoms with Crippen molar-refractivity contribution in [1.82, 2.24) is 0 Å². The number of hydrogen-bond donors (Lipinski definition) is 1. The van der Waals surface area contributed by atoms with E-state index in [0.717, 1.165) is 5.69 Å². The van der Waals surface area contributed by atoms with E-state index in [0.29, 0.717) is 5.02 Å². The fourth-order valence-electron chi connectivity index (χ4n) is 0.799. The molecule has 0 aliphatic carbocycles. The Bertz CT molecular complexity index is 318. The minimum Gasteiger partial charge on any atom is -0.278 e. The Balaban J connectivity index is 2.54. The highest BCUT2D eigenvalue weighted by molar-refractivity contribution is 6.30. The Hall–Kier alpha value is -1.28. The van der Waals surface area contributed by atoms with Gasteiger partial charge in [0.15, 0.2) is 0 Å². The minimum atomic E-state index is 0.700. The van der Waals surface area contributed by atoms with Gasteiger partial charge in [-0.1, -0.05) is 23.7 Å². The van der Waals surface area contributed by atoms with Crippen molar-refractivity contribution < 1.29 is 0 Å². The number of benzene rings is 1. The number of hydrogen-bond acceptors (Lipinski definition) is 2. The standard InChI is InChI=1S/C10H11ClN2/c1-2-3-7-12-13-10-6-4-5-9(11)8-10/h2-8,13H,1H3/b3-2-,12-7-. The molecule has 68 valence electrons. The predicted octanol–water partition coefficient (Wildman–Crippen LogP) is 3.31. The van der Waals surface area contributed by atoms with Gasteiger partial charge in [0.1, 0.15) is 0 Å². The van der Waals surface area contributed by atoms with E-state index in [1.807, 2.05) is 43.3 Å². The largest absolute Gasteiger partial charge is 0.278 e. The molecule has 0 aliphatic heterocycles. The Morgan fingerprint density at radius 2 is 2.31 bits per heavy atom. The predicted molar refractivity (Wildman–Crippen MR) is 58.4 cm³/mol. The molecule has 13 heavy (non-hydrogen) atoms. The summed E-state index contributed by atoms with van der Waals surface area (Å²) in [4.78, 5) is 0. The van der Waals surface area contributed by atoms with Crippen molar-refractivity contribution in [2.75, 3.05) is 5.43 Å². The third-order valence-electron chi connectivity index (χ3n) is 1.37. The van der Waals surface area contributed by atoms with Crippen molar-refractivity contribution in [3.63, 3.8) is 0 Å². The van der Waals surface area contributed by atoms with Gasteiger partial charge in [-0.25, -0.2) is 0 Å². The van der Waals surface area contributed by atoms with Crippen LogP contribution in [0.2, 0.25) is 5.02 Å². The molecular weight excluding hydrogens is 184 g/mol. The summed E-state index contributed by atoms with van der Waals surface area (Å²) in [6.45, 7) is 1.94. The molecule has 0 saturated heterocycles. The maximum atomic E-state index is 5.78. The monoisotopic (exact) mass is 194 g/mol. The summed E-state index contributed by atoms with van der Waals surface area (Å²) >= 11 is 5.78. The van der Waals surface area contributed by atoms with Crippen LogP contribution in [0.5, 0.6) is 0 Å². The second-order valence-electron chi connectivity index (χ2n) is 2.43. The maximum absolute atomic E-state index is 5.78. The van der Waals surface area contributed by atoms with E-state index in [2.05, 4.69) is 10.5 Å². The molecule has 0 heterocycles. The summed E-state index contributed by atoms with van der Waals surface area (Å²) in [6, 6.07) is 7.41. The minimum absolute atomic E-state index is 0.700. The smallest absolute Gasteiger partial charge is 0.0576 e. The first-order chi connectivity index (χ1) is 6.33. The van der Waals surface area contributed by atoms with Gasteiger partial charge in [-0.15, -0.1) is 0 Å². The molecule has 0 fully saturated rings. The average Bonchev–Trinajstić information content (AvgIpc) is 2.13. The second kappa shape index (κ2) is 5.38. The number of rotatable bonds is 3. The summed E-state index contributed by atoms with van der Waals surface area (Å²) in [5, 5.41) is 4.65. The van der Waals surface area contributed by atoms with Crippen molar-refractivity contribution in [3.05, 3.63) is 41.4 Å². The number of halogens is 1. The summed E-state index contributed by atoms with van der Waals surface area (Å²) in [6.07, 6.45) is 5.43. The quantitative estimate of drug-likeness (QED) is 0.580. The van der Waals surface area contributed by atoms with Gasteiger partial charge < -0.3 is 0 Å². The Morgan fingerprint density at radius 3 is 3.00 bits per heavy atom. The van der Waals surface area contributed by atoms with Crippen molar-refractivity contribution in [1.29, 1.82) is 0 Å². The van der Waals surface area contributed by atoms with Gasteiger partial charge in [-0.05, 0) is 31.2 Å².